The second kappa shape index (κ2) is 6.02. The monoisotopic (exact) mass is 200 g/mol. The zero-order valence-electron chi connectivity index (χ0n) is 10.1. The van der Waals surface area contributed by atoms with Gasteiger partial charge in [-0.1, -0.05) is 20.3 Å². The van der Waals surface area contributed by atoms with Gasteiger partial charge in [0.25, 0.3) is 0 Å². The molecule has 3 nitrogen and oxygen atoms in total. The predicted molar refractivity (Wildman–Crippen MR) is 60.2 cm³/mol. The molecule has 14 heavy (non-hydrogen) atoms. The van der Waals surface area contributed by atoms with E-state index in [-0.39, 0.29) is 11.4 Å². The van der Waals surface area contributed by atoms with E-state index in [4.69, 9.17) is 0 Å². The molecule has 0 aromatic carbocycles. The van der Waals surface area contributed by atoms with Gasteiger partial charge in [-0.2, -0.15) is 0 Å². The van der Waals surface area contributed by atoms with Crippen LogP contribution in [0.2, 0.25) is 0 Å². The Morgan fingerprint density at radius 1 is 1.36 bits per heavy atom. The summed E-state index contributed by atoms with van der Waals surface area (Å²) in [5.74, 6) is 0.707. The molecular formula is C11H24N2O. The van der Waals surface area contributed by atoms with Gasteiger partial charge in [0, 0.05) is 5.54 Å². The van der Waals surface area contributed by atoms with Crippen molar-refractivity contribution < 1.29 is 4.79 Å². The zero-order valence-corrected chi connectivity index (χ0v) is 10.1. The molecule has 1 atom stereocenters. The van der Waals surface area contributed by atoms with Crippen LogP contribution in [0.1, 0.15) is 41.0 Å². The van der Waals surface area contributed by atoms with Crippen LogP contribution in [0.4, 0.5) is 0 Å². The van der Waals surface area contributed by atoms with Crippen molar-refractivity contribution in [1.82, 2.24) is 10.6 Å². The van der Waals surface area contributed by atoms with Crippen LogP contribution in [0, 0.1) is 5.92 Å². The smallest absolute Gasteiger partial charge is 0.234 e. The highest BCUT2D eigenvalue weighted by molar-refractivity contribution is 5.78. The van der Waals surface area contributed by atoms with Crippen LogP contribution in [-0.4, -0.2) is 24.5 Å². The third-order valence-electron chi connectivity index (χ3n) is 1.99. The summed E-state index contributed by atoms with van der Waals surface area (Å²) in [6, 6.07) is 0. The minimum atomic E-state index is -0.130. The molecule has 0 aromatic rings. The molecule has 0 saturated carbocycles. The molecule has 2 N–H and O–H groups in total. The molecule has 84 valence electrons. The largest absolute Gasteiger partial charge is 0.350 e. The summed E-state index contributed by atoms with van der Waals surface area (Å²) in [7, 11) is 0. The number of nitrogens with one attached hydrogen (secondary N) is 2. The molecule has 0 aromatic heterocycles. The SMILES string of the molecule is CCC(C)CNCC(=O)NC(C)(C)C. The van der Waals surface area contributed by atoms with Gasteiger partial charge in [-0.25, -0.2) is 0 Å². The third kappa shape index (κ3) is 8.05. The summed E-state index contributed by atoms with van der Waals surface area (Å²) in [5.41, 5.74) is -0.130. The Labute approximate surface area is 87.6 Å². The van der Waals surface area contributed by atoms with Crippen LogP contribution < -0.4 is 10.6 Å². The summed E-state index contributed by atoms with van der Waals surface area (Å²) in [6.07, 6.45) is 1.15. The summed E-state index contributed by atoms with van der Waals surface area (Å²) < 4.78 is 0. The Bertz CT molecular complexity index is 173. The lowest BCUT2D eigenvalue weighted by molar-refractivity contribution is -0.121. The molecule has 0 saturated heterocycles. The topological polar surface area (TPSA) is 41.1 Å². The lowest BCUT2D eigenvalue weighted by Crippen LogP contribution is -2.45. The van der Waals surface area contributed by atoms with Crippen LogP contribution in [0.15, 0.2) is 0 Å². The summed E-state index contributed by atoms with van der Waals surface area (Å²) >= 11 is 0. The van der Waals surface area contributed by atoms with Gasteiger partial charge in [0.15, 0.2) is 0 Å². The number of amides is 1. The maximum Gasteiger partial charge on any atom is 0.234 e. The van der Waals surface area contributed by atoms with E-state index in [9.17, 15) is 4.79 Å². The number of carbonyl (C=O) groups is 1. The fourth-order valence-corrected chi connectivity index (χ4v) is 1.04. The highest BCUT2D eigenvalue weighted by Crippen LogP contribution is 1.98. The fourth-order valence-electron chi connectivity index (χ4n) is 1.04. The Hall–Kier alpha value is -0.570. The quantitative estimate of drug-likeness (QED) is 0.707. The average Bonchev–Trinajstić information content (AvgIpc) is 2.00. The maximum absolute atomic E-state index is 11.4. The molecular weight excluding hydrogens is 176 g/mol. The van der Waals surface area contributed by atoms with Crippen molar-refractivity contribution in [2.75, 3.05) is 13.1 Å². The third-order valence-corrected chi connectivity index (χ3v) is 1.99. The summed E-state index contributed by atoms with van der Waals surface area (Å²) in [4.78, 5) is 11.4. The first-order chi connectivity index (χ1) is 6.35. The van der Waals surface area contributed by atoms with E-state index in [0.717, 1.165) is 13.0 Å². The van der Waals surface area contributed by atoms with Gasteiger partial charge in [-0.3, -0.25) is 4.79 Å². The van der Waals surface area contributed by atoms with Gasteiger partial charge in [-0.15, -0.1) is 0 Å². The second-order valence-corrected chi connectivity index (χ2v) is 4.94. The molecule has 0 bridgehead atoms. The number of carbonyl (C=O) groups excluding carboxylic acids is 1. The first kappa shape index (κ1) is 13.4. The minimum absolute atomic E-state index is 0.0702. The number of hydrogen-bond acceptors (Lipinski definition) is 2. The van der Waals surface area contributed by atoms with Crippen LogP contribution in [0.25, 0.3) is 0 Å². The van der Waals surface area contributed by atoms with Gasteiger partial charge >= 0.3 is 0 Å². The van der Waals surface area contributed by atoms with Crippen molar-refractivity contribution in [3.63, 3.8) is 0 Å². The first-order valence-corrected chi connectivity index (χ1v) is 5.37. The lowest BCUT2D eigenvalue weighted by Gasteiger charge is -2.20. The Kier molecular flexibility index (Phi) is 5.77. The fraction of sp³-hybridized carbons (Fsp3) is 0.909. The van der Waals surface area contributed by atoms with E-state index >= 15 is 0 Å². The zero-order chi connectivity index (χ0) is 11.2. The lowest BCUT2D eigenvalue weighted by atomic mass is 10.1. The van der Waals surface area contributed by atoms with E-state index in [1.54, 1.807) is 0 Å². The minimum Gasteiger partial charge on any atom is -0.350 e. The van der Waals surface area contributed by atoms with E-state index in [2.05, 4.69) is 24.5 Å². The molecule has 3 heteroatoms. The van der Waals surface area contributed by atoms with E-state index in [1.165, 1.54) is 0 Å². The highest BCUT2D eigenvalue weighted by Gasteiger charge is 2.12. The van der Waals surface area contributed by atoms with E-state index in [0.29, 0.717) is 12.5 Å². The van der Waals surface area contributed by atoms with Crippen LogP contribution >= 0.6 is 0 Å². The molecule has 0 aliphatic carbocycles. The molecule has 0 aliphatic rings. The predicted octanol–water partition coefficient (Wildman–Crippen LogP) is 1.54. The second-order valence-electron chi connectivity index (χ2n) is 4.94. The van der Waals surface area contributed by atoms with Crippen molar-refractivity contribution in [2.45, 2.75) is 46.6 Å². The van der Waals surface area contributed by atoms with Crippen LogP contribution in [0.3, 0.4) is 0 Å². The van der Waals surface area contributed by atoms with Crippen LogP contribution in [0.5, 0.6) is 0 Å². The van der Waals surface area contributed by atoms with Crippen molar-refractivity contribution in [2.24, 2.45) is 5.92 Å². The number of hydrogen-bond donors (Lipinski definition) is 2. The van der Waals surface area contributed by atoms with Gasteiger partial charge in [-0.05, 0) is 33.2 Å². The molecule has 1 amide bonds. The Morgan fingerprint density at radius 3 is 2.36 bits per heavy atom. The molecule has 0 aliphatic heterocycles. The molecule has 1 unspecified atom stereocenters. The molecule has 0 fully saturated rings. The average molecular weight is 200 g/mol. The normalized spacial score (nSPS) is 13.8. The molecule has 0 rings (SSSR count). The molecule has 0 radical (unpaired) electrons. The Balaban J connectivity index is 3.55. The van der Waals surface area contributed by atoms with E-state index in [1.807, 2.05) is 20.8 Å². The van der Waals surface area contributed by atoms with Gasteiger partial charge in [0.1, 0.15) is 0 Å². The summed E-state index contributed by atoms with van der Waals surface area (Å²) in [5, 5.41) is 6.06. The summed E-state index contributed by atoms with van der Waals surface area (Å²) in [6.45, 7) is 11.6. The number of rotatable bonds is 5. The van der Waals surface area contributed by atoms with Gasteiger partial charge in [0.2, 0.25) is 5.91 Å². The van der Waals surface area contributed by atoms with Crippen LogP contribution in [-0.2, 0) is 4.79 Å². The maximum atomic E-state index is 11.4. The van der Waals surface area contributed by atoms with Crippen molar-refractivity contribution in [3.8, 4) is 0 Å². The Morgan fingerprint density at radius 2 is 1.93 bits per heavy atom. The van der Waals surface area contributed by atoms with Gasteiger partial charge in [0.05, 0.1) is 6.54 Å². The van der Waals surface area contributed by atoms with Crippen molar-refractivity contribution in [3.05, 3.63) is 0 Å². The van der Waals surface area contributed by atoms with Crippen molar-refractivity contribution >= 4 is 5.91 Å². The van der Waals surface area contributed by atoms with E-state index < -0.39 is 0 Å². The molecule has 0 spiro atoms. The standard InChI is InChI=1S/C11H24N2O/c1-6-9(2)7-12-8-10(14)13-11(3,4)5/h9,12H,6-8H2,1-5H3,(H,13,14). The van der Waals surface area contributed by atoms with Crippen molar-refractivity contribution in [1.29, 1.82) is 0 Å². The highest BCUT2D eigenvalue weighted by atomic mass is 16.2. The molecule has 0 heterocycles. The first-order valence-electron chi connectivity index (χ1n) is 5.37. The van der Waals surface area contributed by atoms with Gasteiger partial charge < -0.3 is 10.6 Å².